The van der Waals surface area contributed by atoms with Gasteiger partial charge in [0, 0.05) is 30.7 Å². The molecule has 4 rings (SSSR count). The first kappa shape index (κ1) is 21.1. The molecule has 1 N–H and O–H groups in total. The minimum atomic E-state index is -0.205. The lowest BCUT2D eigenvalue weighted by Crippen LogP contribution is -2.30. The Morgan fingerprint density at radius 3 is 2.65 bits per heavy atom. The van der Waals surface area contributed by atoms with Crippen molar-refractivity contribution < 1.29 is 9.53 Å². The second-order valence-corrected chi connectivity index (χ2v) is 8.13. The van der Waals surface area contributed by atoms with Gasteiger partial charge < -0.3 is 19.9 Å². The molecule has 3 aromatic rings. The SMILES string of the molecule is Cc1ccc(OCC(=O)Nc2ccc3nc(N4CCCN(C)CC4)nc(C)c3c2)cc1. The van der Waals surface area contributed by atoms with Crippen LogP contribution in [0.4, 0.5) is 11.6 Å². The van der Waals surface area contributed by atoms with E-state index in [2.05, 4.69) is 22.2 Å². The highest BCUT2D eigenvalue weighted by atomic mass is 16.5. The van der Waals surface area contributed by atoms with Gasteiger partial charge in [0.25, 0.3) is 5.91 Å². The molecule has 7 nitrogen and oxygen atoms in total. The first-order valence-electron chi connectivity index (χ1n) is 10.7. The van der Waals surface area contributed by atoms with Gasteiger partial charge in [-0.2, -0.15) is 0 Å². The maximum Gasteiger partial charge on any atom is 0.262 e. The zero-order valence-electron chi connectivity index (χ0n) is 18.4. The summed E-state index contributed by atoms with van der Waals surface area (Å²) in [5, 5.41) is 3.84. The van der Waals surface area contributed by atoms with Crippen LogP contribution in [-0.2, 0) is 4.79 Å². The van der Waals surface area contributed by atoms with E-state index in [4.69, 9.17) is 14.7 Å². The van der Waals surface area contributed by atoms with E-state index >= 15 is 0 Å². The Kier molecular flexibility index (Phi) is 6.32. The molecule has 1 aromatic heterocycles. The van der Waals surface area contributed by atoms with Crippen LogP contribution in [0.3, 0.4) is 0 Å². The van der Waals surface area contributed by atoms with Gasteiger partial charge in [-0.3, -0.25) is 4.79 Å². The number of fused-ring (bicyclic) bond motifs is 1. The van der Waals surface area contributed by atoms with Crippen LogP contribution in [0.5, 0.6) is 5.75 Å². The number of carbonyl (C=O) groups is 1. The summed E-state index contributed by atoms with van der Waals surface area (Å²) in [5.41, 5.74) is 3.65. The third-order valence-corrected chi connectivity index (χ3v) is 5.55. The molecular formula is C24H29N5O2. The number of nitrogens with one attached hydrogen (secondary N) is 1. The molecule has 1 fully saturated rings. The molecule has 0 saturated carbocycles. The Balaban J connectivity index is 1.44. The summed E-state index contributed by atoms with van der Waals surface area (Å²) in [6.45, 7) is 7.96. The summed E-state index contributed by atoms with van der Waals surface area (Å²) >= 11 is 0. The van der Waals surface area contributed by atoms with E-state index in [-0.39, 0.29) is 12.5 Å². The molecule has 1 amide bonds. The van der Waals surface area contributed by atoms with Gasteiger partial charge in [0.2, 0.25) is 5.95 Å². The number of ether oxygens (including phenoxy) is 1. The number of carbonyl (C=O) groups excluding carboxylic acids is 1. The molecule has 1 aliphatic rings. The van der Waals surface area contributed by atoms with Crippen LogP contribution in [-0.4, -0.2) is 60.6 Å². The number of anilines is 2. The second-order valence-electron chi connectivity index (χ2n) is 8.13. The Bertz CT molecular complexity index is 1070. The van der Waals surface area contributed by atoms with E-state index in [0.29, 0.717) is 11.4 Å². The third kappa shape index (κ3) is 5.30. The molecule has 2 aromatic carbocycles. The molecule has 0 aliphatic carbocycles. The molecule has 0 radical (unpaired) electrons. The van der Waals surface area contributed by atoms with Gasteiger partial charge in [0.1, 0.15) is 5.75 Å². The highest BCUT2D eigenvalue weighted by Crippen LogP contribution is 2.23. The normalized spacial score (nSPS) is 15.0. The van der Waals surface area contributed by atoms with E-state index < -0.39 is 0 Å². The summed E-state index contributed by atoms with van der Waals surface area (Å²) < 4.78 is 5.56. The largest absolute Gasteiger partial charge is 0.484 e. The van der Waals surface area contributed by atoms with Gasteiger partial charge in [0.15, 0.2) is 6.61 Å². The van der Waals surface area contributed by atoms with Crippen LogP contribution in [0.25, 0.3) is 10.9 Å². The van der Waals surface area contributed by atoms with Crippen molar-refractivity contribution in [3.05, 3.63) is 53.7 Å². The second kappa shape index (κ2) is 9.31. The number of amides is 1. The van der Waals surface area contributed by atoms with Gasteiger partial charge in [-0.15, -0.1) is 0 Å². The number of hydrogen-bond donors (Lipinski definition) is 1. The first-order valence-corrected chi connectivity index (χ1v) is 10.7. The highest BCUT2D eigenvalue weighted by molar-refractivity contribution is 5.95. The number of rotatable bonds is 5. The van der Waals surface area contributed by atoms with Crippen molar-refractivity contribution in [1.29, 1.82) is 0 Å². The van der Waals surface area contributed by atoms with E-state index in [0.717, 1.165) is 60.7 Å². The molecule has 1 saturated heterocycles. The van der Waals surface area contributed by atoms with Gasteiger partial charge in [-0.05, 0) is 64.2 Å². The van der Waals surface area contributed by atoms with Crippen molar-refractivity contribution in [3.63, 3.8) is 0 Å². The first-order chi connectivity index (χ1) is 15.0. The molecule has 2 heterocycles. The smallest absolute Gasteiger partial charge is 0.262 e. The molecule has 0 unspecified atom stereocenters. The lowest BCUT2D eigenvalue weighted by molar-refractivity contribution is -0.118. The minimum Gasteiger partial charge on any atom is -0.484 e. The number of nitrogens with zero attached hydrogens (tertiary/aromatic N) is 4. The zero-order chi connectivity index (χ0) is 21.8. The lowest BCUT2D eigenvalue weighted by atomic mass is 10.1. The maximum atomic E-state index is 12.3. The van der Waals surface area contributed by atoms with Gasteiger partial charge in [-0.1, -0.05) is 17.7 Å². The minimum absolute atomic E-state index is 0.0427. The molecule has 31 heavy (non-hydrogen) atoms. The number of likely N-dealkylation sites (N-methyl/N-ethyl adjacent to an activating group) is 1. The van der Waals surface area contributed by atoms with Crippen molar-refractivity contribution in [2.45, 2.75) is 20.3 Å². The van der Waals surface area contributed by atoms with Crippen molar-refractivity contribution in [1.82, 2.24) is 14.9 Å². The van der Waals surface area contributed by atoms with Crippen LogP contribution in [0, 0.1) is 13.8 Å². The summed E-state index contributed by atoms with van der Waals surface area (Å²) in [5.74, 6) is 1.25. The quantitative estimate of drug-likeness (QED) is 0.684. The van der Waals surface area contributed by atoms with E-state index in [1.54, 1.807) is 0 Å². The number of aromatic nitrogens is 2. The predicted molar refractivity (Wildman–Crippen MR) is 124 cm³/mol. The average molecular weight is 420 g/mol. The van der Waals surface area contributed by atoms with Gasteiger partial charge in [-0.25, -0.2) is 9.97 Å². The van der Waals surface area contributed by atoms with E-state index in [9.17, 15) is 4.79 Å². The van der Waals surface area contributed by atoms with Crippen molar-refractivity contribution >= 4 is 28.4 Å². The Morgan fingerprint density at radius 2 is 1.84 bits per heavy atom. The Morgan fingerprint density at radius 1 is 1.03 bits per heavy atom. The predicted octanol–water partition coefficient (Wildman–Crippen LogP) is 3.41. The molecule has 0 bridgehead atoms. The standard InChI is InChI=1S/C24H29N5O2/c1-17-5-8-20(9-6-17)31-16-23(30)26-19-7-10-22-21(15-19)18(2)25-24(27-22)29-12-4-11-28(3)13-14-29/h5-10,15H,4,11-14,16H2,1-3H3,(H,26,30). The van der Waals surface area contributed by atoms with Crippen molar-refractivity contribution in [3.8, 4) is 5.75 Å². The van der Waals surface area contributed by atoms with Gasteiger partial charge >= 0.3 is 0 Å². The number of benzene rings is 2. The maximum absolute atomic E-state index is 12.3. The molecule has 1 aliphatic heterocycles. The average Bonchev–Trinajstić information content (AvgIpc) is 2.98. The zero-order valence-corrected chi connectivity index (χ0v) is 18.4. The Hall–Kier alpha value is -3.19. The fourth-order valence-electron chi connectivity index (χ4n) is 3.71. The highest BCUT2D eigenvalue weighted by Gasteiger charge is 2.16. The summed E-state index contributed by atoms with van der Waals surface area (Å²) in [4.78, 5) is 26.5. The van der Waals surface area contributed by atoms with Crippen molar-refractivity contribution in [2.24, 2.45) is 0 Å². The fourth-order valence-corrected chi connectivity index (χ4v) is 3.71. The number of aryl methyl sites for hydroxylation is 2. The van der Waals surface area contributed by atoms with Crippen LogP contribution in [0.15, 0.2) is 42.5 Å². The van der Waals surface area contributed by atoms with Crippen LogP contribution < -0.4 is 15.0 Å². The molecule has 7 heteroatoms. The Labute approximate surface area is 183 Å². The van der Waals surface area contributed by atoms with Crippen LogP contribution in [0.2, 0.25) is 0 Å². The van der Waals surface area contributed by atoms with Crippen LogP contribution in [0.1, 0.15) is 17.7 Å². The van der Waals surface area contributed by atoms with Gasteiger partial charge in [0.05, 0.1) is 11.2 Å². The summed E-state index contributed by atoms with van der Waals surface area (Å²) in [7, 11) is 2.15. The fraction of sp³-hybridized carbons (Fsp3) is 0.375. The lowest BCUT2D eigenvalue weighted by Gasteiger charge is -2.21. The summed E-state index contributed by atoms with van der Waals surface area (Å²) in [6.07, 6.45) is 1.10. The molecule has 0 atom stereocenters. The van der Waals surface area contributed by atoms with Crippen molar-refractivity contribution in [2.75, 3.05) is 50.1 Å². The van der Waals surface area contributed by atoms with E-state index in [1.165, 1.54) is 0 Å². The molecule has 162 valence electrons. The van der Waals surface area contributed by atoms with E-state index in [1.807, 2.05) is 56.3 Å². The number of hydrogen-bond acceptors (Lipinski definition) is 6. The third-order valence-electron chi connectivity index (χ3n) is 5.55. The molecule has 0 spiro atoms. The van der Waals surface area contributed by atoms with Crippen LogP contribution >= 0.6 is 0 Å². The molecular weight excluding hydrogens is 390 g/mol. The monoisotopic (exact) mass is 419 g/mol. The summed E-state index contributed by atoms with van der Waals surface area (Å²) in [6, 6.07) is 13.4. The topological polar surface area (TPSA) is 70.6 Å².